The number of carbonyl (C=O) groups excluding carboxylic acids is 2. The van der Waals surface area contributed by atoms with Crippen LogP contribution >= 0.6 is 0 Å². The largest absolute Gasteiger partial charge is 0.469 e. The third kappa shape index (κ3) is 3.35. The third-order valence-corrected chi connectivity index (χ3v) is 6.50. The molecule has 2 aliphatic rings. The summed E-state index contributed by atoms with van der Waals surface area (Å²) in [7, 11) is 0. The van der Waals surface area contributed by atoms with E-state index in [0.717, 1.165) is 22.7 Å². The van der Waals surface area contributed by atoms with Crippen molar-refractivity contribution in [2.24, 2.45) is 0 Å². The van der Waals surface area contributed by atoms with Gasteiger partial charge in [-0.15, -0.1) is 0 Å². The minimum atomic E-state index is -0.602. The molecule has 0 unspecified atom stereocenters. The van der Waals surface area contributed by atoms with Gasteiger partial charge in [-0.3, -0.25) is 14.5 Å². The molecule has 0 spiro atoms. The van der Waals surface area contributed by atoms with Crippen molar-refractivity contribution in [3.05, 3.63) is 120 Å². The molecule has 34 heavy (non-hydrogen) atoms. The van der Waals surface area contributed by atoms with Gasteiger partial charge in [0.2, 0.25) is 0 Å². The highest BCUT2D eigenvalue weighted by molar-refractivity contribution is 6.10. The first kappa shape index (κ1) is 20.3. The highest BCUT2D eigenvalue weighted by Crippen LogP contribution is 2.47. The van der Waals surface area contributed by atoms with Gasteiger partial charge in [-0.1, -0.05) is 42.5 Å². The maximum Gasteiger partial charge on any atom is 0.294 e. The second kappa shape index (κ2) is 8.23. The molecule has 0 saturated carbocycles. The lowest BCUT2D eigenvalue weighted by atomic mass is 9.80. The Labute approximate surface area is 196 Å². The predicted octanol–water partition coefficient (Wildman–Crippen LogP) is 6.09. The van der Waals surface area contributed by atoms with Gasteiger partial charge in [0, 0.05) is 23.6 Å². The molecule has 0 radical (unpaired) electrons. The molecule has 1 amide bonds. The number of rotatable bonds is 3. The van der Waals surface area contributed by atoms with E-state index in [1.807, 2.05) is 66.7 Å². The first-order chi connectivity index (χ1) is 16.7. The topological polar surface area (TPSA) is 75.7 Å². The quantitative estimate of drug-likeness (QED) is 0.409. The molecule has 2 atom stereocenters. The number of Topliss-reactive ketones (excluding diaryl/α,β-unsaturated/α-hetero) is 1. The van der Waals surface area contributed by atoms with Crippen molar-refractivity contribution in [3.8, 4) is 0 Å². The number of hydrogen-bond acceptors (Lipinski definition) is 5. The molecule has 1 aliphatic heterocycles. The summed E-state index contributed by atoms with van der Waals surface area (Å²) < 4.78 is 11.1. The molecule has 1 aliphatic carbocycles. The van der Waals surface area contributed by atoms with E-state index in [-0.39, 0.29) is 23.4 Å². The Morgan fingerprint density at radius 3 is 2.38 bits per heavy atom. The average molecular weight is 450 g/mol. The molecule has 3 heterocycles. The molecule has 2 aromatic heterocycles. The van der Waals surface area contributed by atoms with Crippen molar-refractivity contribution in [1.29, 1.82) is 0 Å². The summed E-state index contributed by atoms with van der Waals surface area (Å²) in [6, 6.07) is 23.8. The number of carbonyl (C=O) groups is 2. The molecule has 6 nitrogen and oxygen atoms in total. The Hall–Kier alpha value is -4.32. The number of para-hydroxylation sites is 2. The Morgan fingerprint density at radius 1 is 0.853 bits per heavy atom. The van der Waals surface area contributed by atoms with Crippen molar-refractivity contribution in [2.75, 3.05) is 10.2 Å². The molecule has 0 bridgehead atoms. The summed E-state index contributed by atoms with van der Waals surface area (Å²) in [5.74, 6) is 0.636. The molecular formula is C28H22N2O4. The Kier molecular flexibility index (Phi) is 4.91. The van der Waals surface area contributed by atoms with Crippen LogP contribution in [0.5, 0.6) is 0 Å². The zero-order valence-electron chi connectivity index (χ0n) is 18.3. The fraction of sp³-hybridized carbons (Fsp3) is 0.143. The van der Waals surface area contributed by atoms with Gasteiger partial charge in [0.25, 0.3) is 5.91 Å². The third-order valence-electron chi connectivity index (χ3n) is 6.50. The van der Waals surface area contributed by atoms with Crippen molar-refractivity contribution in [1.82, 2.24) is 0 Å². The second-order valence-electron chi connectivity index (χ2n) is 8.54. The number of ketones is 1. The fourth-order valence-corrected chi connectivity index (χ4v) is 5.01. The average Bonchev–Trinajstić information content (AvgIpc) is 3.57. The molecule has 0 fully saturated rings. The molecule has 0 saturated heterocycles. The van der Waals surface area contributed by atoms with Crippen LogP contribution in [0.2, 0.25) is 0 Å². The van der Waals surface area contributed by atoms with Crippen LogP contribution in [-0.2, 0) is 4.79 Å². The maximum absolute atomic E-state index is 13.8. The van der Waals surface area contributed by atoms with Crippen LogP contribution in [0.15, 0.2) is 111 Å². The summed E-state index contributed by atoms with van der Waals surface area (Å²) in [5.41, 5.74) is 3.73. The number of nitrogens with zero attached hydrogens (tertiary/aromatic N) is 1. The van der Waals surface area contributed by atoms with E-state index in [1.54, 1.807) is 23.3 Å². The summed E-state index contributed by atoms with van der Waals surface area (Å²) in [5, 5.41) is 3.51. The van der Waals surface area contributed by atoms with Gasteiger partial charge in [0.15, 0.2) is 11.5 Å². The van der Waals surface area contributed by atoms with Crippen LogP contribution in [0.25, 0.3) is 0 Å². The van der Waals surface area contributed by atoms with Gasteiger partial charge >= 0.3 is 0 Å². The van der Waals surface area contributed by atoms with Gasteiger partial charge < -0.3 is 14.2 Å². The van der Waals surface area contributed by atoms with Gasteiger partial charge in [-0.05, 0) is 48.4 Å². The molecule has 1 N–H and O–H groups in total. The number of amides is 1. The molecule has 4 aromatic rings. The van der Waals surface area contributed by atoms with Crippen LogP contribution in [0.1, 0.15) is 46.7 Å². The van der Waals surface area contributed by atoms with E-state index >= 15 is 0 Å². The Bertz CT molecular complexity index is 1370. The van der Waals surface area contributed by atoms with Crippen molar-refractivity contribution < 1.29 is 18.4 Å². The standard InChI is InChI=1S/C28H22N2O4/c31-23-17-19(24-12-6-14-33-24)16-21-26(23)27(18-8-2-1-3-9-18)30(28(32)25-13-7-15-34-25)22-11-5-4-10-20(22)29-21/h1-15,19,27,29H,16-17H2/t19-,27-/m0/s1. The SMILES string of the molecule is O=C1C[C@@H](c2ccco2)CC2=C1[C@H](c1ccccc1)N(C(=O)c1ccco1)c1ccccc1N2. The van der Waals surface area contributed by atoms with Crippen molar-refractivity contribution in [2.45, 2.75) is 24.8 Å². The first-order valence-electron chi connectivity index (χ1n) is 11.3. The van der Waals surface area contributed by atoms with E-state index in [2.05, 4.69) is 5.32 Å². The molecule has 6 heteroatoms. The number of hydrogen-bond donors (Lipinski definition) is 1. The van der Waals surface area contributed by atoms with Crippen LogP contribution in [0, 0.1) is 0 Å². The smallest absolute Gasteiger partial charge is 0.294 e. The lowest BCUT2D eigenvalue weighted by molar-refractivity contribution is -0.116. The molecule has 6 rings (SSSR count). The number of anilines is 2. The minimum Gasteiger partial charge on any atom is -0.469 e. The lowest BCUT2D eigenvalue weighted by Gasteiger charge is -2.34. The van der Waals surface area contributed by atoms with Gasteiger partial charge in [0.1, 0.15) is 5.76 Å². The highest BCUT2D eigenvalue weighted by Gasteiger charge is 2.42. The number of allylic oxidation sites excluding steroid dienone is 1. The fourth-order valence-electron chi connectivity index (χ4n) is 5.01. The van der Waals surface area contributed by atoms with Gasteiger partial charge in [0.05, 0.1) is 29.9 Å². The van der Waals surface area contributed by atoms with E-state index in [1.165, 1.54) is 6.26 Å². The lowest BCUT2D eigenvalue weighted by Crippen LogP contribution is -2.38. The van der Waals surface area contributed by atoms with Gasteiger partial charge in [-0.2, -0.15) is 0 Å². The number of furan rings is 2. The monoisotopic (exact) mass is 450 g/mol. The first-order valence-corrected chi connectivity index (χ1v) is 11.3. The van der Waals surface area contributed by atoms with Crippen LogP contribution in [0.4, 0.5) is 11.4 Å². The summed E-state index contributed by atoms with van der Waals surface area (Å²) in [4.78, 5) is 29.3. The molecular weight excluding hydrogens is 428 g/mol. The van der Waals surface area contributed by atoms with Crippen LogP contribution < -0.4 is 10.2 Å². The minimum absolute atomic E-state index is 0.00551. The highest BCUT2D eigenvalue weighted by atomic mass is 16.3. The zero-order chi connectivity index (χ0) is 23.1. The van der Waals surface area contributed by atoms with Gasteiger partial charge in [-0.25, -0.2) is 0 Å². The van der Waals surface area contributed by atoms with Crippen molar-refractivity contribution in [3.63, 3.8) is 0 Å². The number of nitrogens with one attached hydrogen (secondary N) is 1. The number of benzene rings is 2. The van der Waals surface area contributed by atoms with E-state index in [9.17, 15) is 9.59 Å². The van der Waals surface area contributed by atoms with E-state index in [4.69, 9.17) is 8.83 Å². The van der Waals surface area contributed by atoms with Crippen LogP contribution in [0.3, 0.4) is 0 Å². The zero-order valence-corrected chi connectivity index (χ0v) is 18.3. The van der Waals surface area contributed by atoms with Crippen molar-refractivity contribution >= 4 is 23.1 Å². The predicted molar refractivity (Wildman–Crippen MR) is 127 cm³/mol. The summed E-state index contributed by atoms with van der Waals surface area (Å²) >= 11 is 0. The normalized spacial score (nSPS) is 19.8. The molecule has 2 aromatic carbocycles. The van der Waals surface area contributed by atoms with E-state index < -0.39 is 6.04 Å². The Morgan fingerprint density at radius 2 is 1.62 bits per heavy atom. The van der Waals surface area contributed by atoms with E-state index in [0.29, 0.717) is 24.1 Å². The maximum atomic E-state index is 13.8. The molecule has 168 valence electrons. The second-order valence-corrected chi connectivity index (χ2v) is 8.54. The van der Waals surface area contributed by atoms with Crippen LogP contribution in [-0.4, -0.2) is 11.7 Å². The number of fused-ring (bicyclic) bond motifs is 1. The summed E-state index contributed by atoms with van der Waals surface area (Å²) in [6.07, 6.45) is 4.04. The Balaban J connectivity index is 1.57. The summed E-state index contributed by atoms with van der Waals surface area (Å²) in [6.45, 7) is 0.